The average Bonchev–Trinajstić information content (AvgIpc) is 3.20. The Balaban J connectivity index is 1.41. The molecule has 0 radical (unpaired) electrons. The summed E-state index contributed by atoms with van der Waals surface area (Å²) in [5, 5.41) is 3.53. The number of hydrogen-bond donors (Lipinski definition) is 1. The van der Waals surface area contributed by atoms with E-state index >= 15 is 0 Å². The van der Waals surface area contributed by atoms with Crippen molar-refractivity contribution < 1.29 is 14.3 Å². The van der Waals surface area contributed by atoms with Crippen LogP contribution in [0.5, 0.6) is 11.5 Å². The molecular weight excluding hydrogens is 462 g/mol. The van der Waals surface area contributed by atoms with Crippen molar-refractivity contribution in [3.63, 3.8) is 0 Å². The van der Waals surface area contributed by atoms with Crippen molar-refractivity contribution in [2.75, 3.05) is 13.2 Å². The number of hydrogen-bond acceptors (Lipinski definition) is 4. The van der Waals surface area contributed by atoms with E-state index in [4.69, 9.17) is 26.1 Å². The van der Waals surface area contributed by atoms with Crippen molar-refractivity contribution in [3.05, 3.63) is 88.7 Å². The second-order valence-corrected chi connectivity index (χ2v) is 9.17. The lowest BCUT2D eigenvalue weighted by molar-refractivity contribution is -0.123. The van der Waals surface area contributed by atoms with E-state index in [1.807, 2.05) is 24.3 Å². The van der Waals surface area contributed by atoms with Crippen molar-refractivity contribution in [2.45, 2.75) is 39.8 Å². The van der Waals surface area contributed by atoms with Gasteiger partial charge in [0.05, 0.1) is 24.1 Å². The molecule has 0 spiro atoms. The van der Waals surface area contributed by atoms with Crippen LogP contribution in [-0.4, -0.2) is 28.7 Å². The Morgan fingerprint density at radius 2 is 1.83 bits per heavy atom. The van der Waals surface area contributed by atoms with Gasteiger partial charge in [0.15, 0.2) is 6.61 Å². The molecule has 4 rings (SSSR count). The van der Waals surface area contributed by atoms with Gasteiger partial charge in [-0.15, -0.1) is 0 Å². The maximum Gasteiger partial charge on any atom is 0.258 e. The van der Waals surface area contributed by atoms with Gasteiger partial charge in [-0.2, -0.15) is 0 Å². The number of carbonyl (C=O) groups is 1. The van der Waals surface area contributed by atoms with Crippen LogP contribution < -0.4 is 14.8 Å². The number of carbonyl (C=O) groups excluding carboxylic acids is 1. The molecule has 0 aliphatic heterocycles. The maximum absolute atomic E-state index is 12.4. The molecule has 0 unspecified atom stereocenters. The number of rotatable bonds is 10. The molecule has 0 atom stereocenters. The number of aryl methyl sites for hydroxylation is 1. The van der Waals surface area contributed by atoms with E-state index in [0.717, 1.165) is 22.6 Å². The minimum atomic E-state index is -0.226. The second kappa shape index (κ2) is 11.3. The highest BCUT2D eigenvalue weighted by atomic mass is 35.5. The molecule has 0 saturated heterocycles. The smallest absolute Gasteiger partial charge is 0.258 e. The number of benzene rings is 3. The first-order valence-corrected chi connectivity index (χ1v) is 12.1. The summed E-state index contributed by atoms with van der Waals surface area (Å²) >= 11 is 5.89. The Kier molecular flexibility index (Phi) is 7.93. The molecule has 182 valence electrons. The van der Waals surface area contributed by atoms with Crippen molar-refractivity contribution in [1.29, 1.82) is 0 Å². The summed E-state index contributed by atoms with van der Waals surface area (Å²) in [7, 11) is 0. The van der Waals surface area contributed by atoms with E-state index in [1.165, 1.54) is 11.1 Å². The van der Waals surface area contributed by atoms with Gasteiger partial charge in [-0.05, 0) is 66.4 Å². The van der Waals surface area contributed by atoms with Gasteiger partial charge in [0, 0.05) is 5.02 Å². The minimum Gasteiger partial charge on any atom is -0.491 e. The lowest BCUT2D eigenvalue weighted by atomic mass is 10.0. The number of aromatic nitrogens is 2. The molecule has 1 amide bonds. The standard InChI is InChI=1S/C28H30ClN3O3/c1-19(2)23-13-8-20(3)16-26(23)34-15-14-32-25-7-5-4-6-24(25)31-27(32)17-30-28(33)18-35-22-11-9-21(29)10-12-22/h4-13,16,19H,14-15,17-18H2,1-3H3,(H,30,33). The van der Waals surface area contributed by atoms with E-state index < -0.39 is 0 Å². The molecule has 7 heteroatoms. The van der Waals surface area contributed by atoms with Crippen molar-refractivity contribution >= 4 is 28.5 Å². The third-order valence-corrected chi connectivity index (χ3v) is 5.98. The second-order valence-electron chi connectivity index (χ2n) is 8.73. The van der Waals surface area contributed by atoms with Gasteiger partial charge in [-0.25, -0.2) is 4.98 Å². The van der Waals surface area contributed by atoms with Crippen molar-refractivity contribution in [1.82, 2.24) is 14.9 Å². The number of halogens is 1. The Morgan fingerprint density at radius 3 is 2.60 bits per heavy atom. The van der Waals surface area contributed by atoms with Gasteiger partial charge in [0.2, 0.25) is 0 Å². The zero-order valence-corrected chi connectivity index (χ0v) is 21.0. The van der Waals surface area contributed by atoms with Gasteiger partial charge >= 0.3 is 0 Å². The predicted molar refractivity (Wildman–Crippen MR) is 139 cm³/mol. The van der Waals surface area contributed by atoms with Crippen LogP contribution in [-0.2, 0) is 17.9 Å². The van der Waals surface area contributed by atoms with E-state index in [0.29, 0.717) is 36.4 Å². The number of imidazole rings is 1. The fourth-order valence-corrected chi connectivity index (χ4v) is 4.03. The number of amides is 1. The normalized spacial score (nSPS) is 11.1. The van der Waals surface area contributed by atoms with Crippen molar-refractivity contribution in [2.24, 2.45) is 0 Å². The predicted octanol–water partition coefficient (Wildman–Crippen LogP) is 5.90. The zero-order valence-electron chi connectivity index (χ0n) is 20.3. The number of nitrogens with zero attached hydrogens (tertiary/aromatic N) is 2. The highest BCUT2D eigenvalue weighted by molar-refractivity contribution is 6.30. The number of para-hydroxylation sites is 2. The maximum atomic E-state index is 12.4. The first-order chi connectivity index (χ1) is 16.9. The summed E-state index contributed by atoms with van der Waals surface area (Å²) in [4.78, 5) is 17.1. The largest absolute Gasteiger partial charge is 0.491 e. The minimum absolute atomic E-state index is 0.0870. The van der Waals surface area contributed by atoms with Crippen LogP contribution in [0.2, 0.25) is 5.02 Å². The van der Waals surface area contributed by atoms with Crippen LogP contribution in [0.4, 0.5) is 0 Å². The zero-order chi connectivity index (χ0) is 24.8. The fourth-order valence-electron chi connectivity index (χ4n) is 3.91. The Bertz CT molecular complexity index is 1300. The highest BCUT2D eigenvalue weighted by Gasteiger charge is 2.13. The van der Waals surface area contributed by atoms with E-state index in [-0.39, 0.29) is 12.5 Å². The quantitative estimate of drug-likeness (QED) is 0.300. The van der Waals surface area contributed by atoms with Crippen LogP contribution in [0.15, 0.2) is 66.7 Å². The van der Waals surface area contributed by atoms with Crippen LogP contribution in [0.25, 0.3) is 11.0 Å². The van der Waals surface area contributed by atoms with Gasteiger partial charge in [0.25, 0.3) is 5.91 Å². The molecule has 3 aromatic carbocycles. The molecule has 6 nitrogen and oxygen atoms in total. The number of nitrogens with one attached hydrogen (secondary N) is 1. The molecule has 1 aromatic heterocycles. The topological polar surface area (TPSA) is 65.4 Å². The van der Waals surface area contributed by atoms with Gasteiger partial charge in [-0.3, -0.25) is 4.79 Å². The van der Waals surface area contributed by atoms with E-state index in [2.05, 4.69) is 48.9 Å². The molecule has 0 saturated carbocycles. The van der Waals surface area contributed by atoms with Crippen LogP contribution >= 0.6 is 11.6 Å². The van der Waals surface area contributed by atoms with Gasteiger partial charge in [0.1, 0.15) is 23.9 Å². The molecule has 0 aliphatic rings. The van der Waals surface area contributed by atoms with Crippen LogP contribution in [0, 0.1) is 6.92 Å². The van der Waals surface area contributed by atoms with Crippen molar-refractivity contribution in [3.8, 4) is 11.5 Å². The van der Waals surface area contributed by atoms with E-state index in [9.17, 15) is 4.79 Å². The van der Waals surface area contributed by atoms with E-state index in [1.54, 1.807) is 24.3 Å². The molecule has 1 N–H and O–H groups in total. The Hall–Kier alpha value is -3.51. The lowest BCUT2D eigenvalue weighted by Crippen LogP contribution is -2.29. The third kappa shape index (κ3) is 6.34. The average molecular weight is 492 g/mol. The third-order valence-electron chi connectivity index (χ3n) is 5.72. The summed E-state index contributed by atoms with van der Waals surface area (Å²) in [6.45, 7) is 7.70. The van der Waals surface area contributed by atoms with Gasteiger partial charge < -0.3 is 19.4 Å². The SMILES string of the molecule is Cc1ccc(C(C)C)c(OCCn2c(CNC(=O)COc3ccc(Cl)cc3)nc3ccccc32)c1. The number of ether oxygens (including phenoxy) is 2. The molecule has 0 fully saturated rings. The lowest BCUT2D eigenvalue weighted by Gasteiger charge is -2.16. The first-order valence-electron chi connectivity index (χ1n) is 11.7. The molecule has 0 aliphatic carbocycles. The summed E-state index contributed by atoms with van der Waals surface area (Å²) in [5.74, 6) is 2.42. The summed E-state index contributed by atoms with van der Waals surface area (Å²) in [6.07, 6.45) is 0. The molecule has 1 heterocycles. The summed E-state index contributed by atoms with van der Waals surface area (Å²) in [6, 6.07) is 21.2. The summed E-state index contributed by atoms with van der Waals surface area (Å²) in [5.41, 5.74) is 4.25. The Morgan fingerprint density at radius 1 is 1.06 bits per heavy atom. The van der Waals surface area contributed by atoms with Crippen LogP contribution in [0.3, 0.4) is 0 Å². The number of fused-ring (bicyclic) bond motifs is 1. The Labute approximate surface area is 210 Å². The van der Waals surface area contributed by atoms with Crippen LogP contribution in [0.1, 0.15) is 36.7 Å². The monoisotopic (exact) mass is 491 g/mol. The highest BCUT2D eigenvalue weighted by Crippen LogP contribution is 2.27. The fraction of sp³-hybridized carbons (Fsp3) is 0.286. The molecule has 0 bridgehead atoms. The molecule has 35 heavy (non-hydrogen) atoms. The first kappa shape index (κ1) is 24.6. The van der Waals surface area contributed by atoms with Gasteiger partial charge in [-0.1, -0.05) is 49.7 Å². The summed E-state index contributed by atoms with van der Waals surface area (Å²) < 4.78 is 13.8. The molecule has 4 aromatic rings. The molecular formula is C28H30ClN3O3.